The molecule has 0 heterocycles. The number of rotatable bonds is 3. The summed E-state index contributed by atoms with van der Waals surface area (Å²) in [6, 6.07) is 0.490. The Balaban J connectivity index is 3.17. The van der Waals surface area contributed by atoms with Gasteiger partial charge in [-0.3, -0.25) is 4.90 Å². The first-order valence-electron chi connectivity index (χ1n) is 6.13. The zero-order valence-electron chi connectivity index (χ0n) is 12.1. The van der Waals surface area contributed by atoms with Crippen LogP contribution in [0.5, 0.6) is 0 Å². The molecule has 116 valence electrons. The van der Waals surface area contributed by atoms with Gasteiger partial charge in [-0.1, -0.05) is 11.6 Å². The molecule has 1 aromatic carbocycles. The standard InChI is InChI=1S/C14H16ClF2NO3/c1-14(2,3)21-13(20)18(4)10(7-19)11-9(16)6-5-8(15)12(11)17/h5-7,10H,1-4H3. The van der Waals surface area contributed by atoms with E-state index >= 15 is 0 Å². The summed E-state index contributed by atoms with van der Waals surface area (Å²) < 4.78 is 32.8. The molecule has 0 aliphatic rings. The number of likely N-dealkylation sites (N-methyl/N-ethyl adjacent to an activating group) is 1. The number of aldehydes is 1. The third-order valence-electron chi connectivity index (χ3n) is 2.60. The maximum Gasteiger partial charge on any atom is 0.410 e. The summed E-state index contributed by atoms with van der Waals surface area (Å²) in [6.07, 6.45) is -0.625. The van der Waals surface area contributed by atoms with Gasteiger partial charge in [0.1, 0.15) is 29.6 Å². The Kier molecular flexibility index (Phi) is 5.28. The average Bonchev–Trinajstić information content (AvgIpc) is 2.36. The van der Waals surface area contributed by atoms with Crippen LogP contribution in [-0.4, -0.2) is 29.9 Å². The molecule has 1 amide bonds. The number of carbonyl (C=O) groups excluding carboxylic acids is 2. The van der Waals surface area contributed by atoms with Crippen molar-refractivity contribution < 1.29 is 23.1 Å². The van der Waals surface area contributed by atoms with Crippen LogP contribution in [-0.2, 0) is 9.53 Å². The van der Waals surface area contributed by atoms with Crippen molar-refractivity contribution in [2.75, 3.05) is 7.05 Å². The Morgan fingerprint density at radius 1 is 1.38 bits per heavy atom. The Morgan fingerprint density at radius 3 is 2.43 bits per heavy atom. The van der Waals surface area contributed by atoms with Crippen molar-refractivity contribution in [1.29, 1.82) is 0 Å². The number of ether oxygens (including phenoxy) is 1. The molecule has 0 saturated carbocycles. The van der Waals surface area contributed by atoms with Crippen molar-refractivity contribution in [2.45, 2.75) is 32.4 Å². The van der Waals surface area contributed by atoms with Crippen molar-refractivity contribution in [3.63, 3.8) is 0 Å². The fourth-order valence-corrected chi connectivity index (χ4v) is 1.78. The summed E-state index contributed by atoms with van der Waals surface area (Å²) in [5.74, 6) is -2.05. The molecular formula is C14H16ClF2NO3. The minimum Gasteiger partial charge on any atom is -0.444 e. The lowest BCUT2D eigenvalue weighted by atomic mass is 10.1. The number of hydrogen-bond acceptors (Lipinski definition) is 3. The average molecular weight is 320 g/mol. The quantitative estimate of drug-likeness (QED) is 0.630. The summed E-state index contributed by atoms with van der Waals surface area (Å²) in [4.78, 5) is 23.9. The van der Waals surface area contributed by atoms with E-state index in [-0.39, 0.29) is 11.3 Å². The van der Waals surface area contributed by atoms with E-state index in [1.54, 1.807) is 20.8 Å². The van der Waals surface area contributed by atoms with Gasteiger partial charge in [0.2, 0.25) is 0 Å². The van der Waals surface area contributed by atoms with Crippen LogP contribution < -0.4 is 0 Å². The lowest BCUT2D eigenvalue weighted by Crippen LogP contribution is -2.38. The van der Waals surface area contributed by atoms with Crippen LogP contribution in [0.25, 0.3) is 0 Å². The van der Waals surface area contributed by atoms with Crippen molar-refractivity contribution in [3.05, 3.63) is 34.4 Å². The zero-order chi connectivity index (χ0) is 16.4. The number of nitrogens with zero attached hydrogens (tertiary/aromatic N) is 1. The van der Waals surface area contributed by atoms with Crippen LogP contribution in [0, 0.1) is 11.6 Å². The number of amides is 1. The van der Waals surface area contributed by atoms with Crippen LogP contribution >= 0.6 is 11.6 Å². The van der Waals surface area contributed by atoms with Gasteiger partial charge < -0.3 is 9.53 Å². The third-order valence-corrected chi connectivity index (χ3v) is 2.89. The summed E-state index contributed by atoms with van der Waals surface area (Å²) in [7, 11) is 1.22. The molecule has 1 aromatic rings. The third kappa shape index (κ3) is 4.14. The van der Waals surface area contributed by atoms with E-state index in [1.165, 1.54) is 7.05 Å². The number of hydrogen-bond donors (Lipinski definition) is 0. The Labute approximate surface area is 126 Å². The van der Waals surface area contributed by atoms with E-state index < -0.39 is 34.9 Å². The van der Waals surface area contributed by atoms with Crippen LogP contribution in [0.3, 0.4) is 0 Å². The normalized spacial score (nSPS) is 12.7. The molecule has 0 aliphatic carbocycles. The van der Waals surface area contributed by atoms with E-state index in [0.717, 1.165) is 17.0 Å². The molecule has 1 rings (SSSR count). The largest absolute Gasteiger partial charge is 0.444 e. The SMILES string of the molecule is CN(C(=O)OC(C)(C)C)C(C=O)c1c(F)ccc(Cl)c1F. The fourth-order valence-electron chi connectivity index (χ4n) is 1.61. The topological polar surface area (TPSA) is 46.6 Å². The lowest BCUT2D eigenvalue weighted by molar-refractivity contribution is -0.112. The first kappa shape index (κ1) is 17.4. The molecule has 7 heteroatoms. The van der Waals surface area contributed by atoms with Gasteiger partial charge >= 0.3 is 6.09 Å². The molecular weight excluding hydrogens is 304 g/mol. The highest BCUT2D eigenvalue weighted by atomic mass is 35.5. The minimum atomic E-state index is -1.47. The molecule has 0 fully saturated rings. The van der Waals surface area contributed by atoms with Crippen molar-refractivity contribution in [3.8, 4) is 0 Å². The summed E-state index contributed by atoms with van der Waals surface area (Å²) in [5.41, 5.74) is -1.39. The van der Waals surface area contributed by atoms with Crippen LogP contribution in [0.2, 0.25) is 5.02 Å². The van der Waals surface area contributed by atoms with E-state index in [4.69, 9.17) is 16.3 Å². The predicted octanol–water partition coefficient (Wildman–Crippen LogP) is 3.73. The zero-order valence-corrected chi connectivity index (χ0v) is 12.9. The highest BCUT2D eigenvalue weighted by Gasteiger charge is 2.30. The first-order chi connectivity index (χ1) is 9.58. The van der Waals surface area contributed by atoms with E-state index in [9.17, 15) is 18.4 Å². The second-order valence-corrected chi connectivity index (χ2v) is 5.84. The second kappa shape index (κ2) is 6.39. The Bertz CT molecular complexity index is 558. The van der Waals surface area contributed by atoms with Crippen LogP contribution in [0.1, 0.15) is 32.4 Å². The van der Waals surface area contributed by atoms with Gasteiger partial charge in [-0.05, 0) is 32.9 Å². The van der Waals surface area contributed by atoms with E-state index in [0.29, 0.717) is 0 Å². The van der Waals surface area contributed by atoms with Gasteiger partial charge in [-0.15, -0.1) is 0 Å². The van der Waals surface area contributed by atoms with Gasteiger partial charge in [-0.2, -0.15) is 0 Å². The molecule has 0 radical (unpaired) electrons. The molecule has 0 aromatic heterocycles. The number of benzene rings is 1. The predicted molar refractivity (Wildman–Crippen MR) is 74.2 cm³/mol. The molecule has 0 saturated heterocycles. The van der Waals surface area contributed by atoms with Crippen molar-refractivity contribution >= 4 is 24.0 Å². The van der Waals surface area contributed by atoms with Crippen molar-refractivity contribution in [2.24, 2.45) is 0 Å². The Morgan fingerprint density at radius 2 is 1.95 bits per heavy atom. The molecule has 1 unspecified atom stereocenters. The second-order valence-electron chi connectivity index (χ2n) is 5.43. The van der Waals surface area contributed by atoms with Crippen molar-refractivity contribution in [1.82, 2.24) is 4.90 Å². The molecule has 0 N–H and O–H groups in total. The molecule has 0 bridgehead atoms. The summed E-state index contributed by atoms with van der Waals surface area (Å²) in [5, 5.41) is -0.337. The highest BCUT2D eigenvalue weighted by Crippen LogP contribution is 2.29. The summed E-state index contributed by atoms with van der Waals surface area (Å²) in [6.45, 7) is 4.90. The molecule has 1 atom stereocenters. The van der Waals surface area contributed by atoms with Gasteiger partial charge in [0.05, 0.1) is 10.6 Å². The smallest absolute Gasteiger partial charge is 0.410 e. The van der Waals surface area contributed by atoms with E-state index in [1.807, 2.05) is 0 Å². The fraction of sp³-hybridized carbons (Fsp3) is 0.429. The highest BCUT2D eigenvalue weighted by molar-refractivity contribution is 6.30. The van der Waals surface area contributed by atoms with Gasteiger partial charge in [0, 0.05) is 7.05 Å². The first-order valence-corrected chi connectivity index (χ1v) is 6.50. The Hall–Kier alpha value is -1.69. The van der Waals surface area contributed by atoms with Gasteiger partial charge in [0.25, 0.3) is 0 Å². The number of halogens is 3. The maximum atomic E-state index is 14.0. The maximum absolute atomic E-state index is 14.0. The van der Waals surface area contributed by atoms with Crippen LogP contribution in [0.15, 0.2) is 12.1 Å². The minimum absolute atomic E-state index is 0.252. The summed E-state index contributed by atoms with van der Waals surface area (Å²) >= 11 is 5.59. The van der Waals surface area contributed by atoms with Gasteiger partial charge in [-0.25, -0.2) is 13.6 Å². The number of carbonyl (C=O) groups is 2. The van der Waals surface area contributed by atoms with Gasteiger partial charge in [0.15, 0.2) is 0 Å². The monoisotopic (exact) mass is 319 g/mol. The molecule has 0 spiro atoms. The lowest BCUT2D eigenvalue weighted by Gasteiger charge is -2.28. The molecule has 0 aliphatic heterocycles. The molecule has 4 nitrogen and oxygen atoms in total. The van der Waals surface area contributed by atoms with E-state index in [2.05, 4.69) is 0 Å². The molecule has 21 heavy (non-hydrogen) atoms. The van der Waals surface area contributed by atoms with Crippen LogP contribution in [0.4, 0.5) is 13.6 Å².